The predicted octanol–water partition coefficient (Wildman–Crippen LogP) is 14.4. The van der Waals surface area contributed by atoms with Gasteiger partial charge in [-0.25, -0.2) is 0 Å². The third-order valence-corrected chi connectivity index (χ3v) is 16.4. The summed E-state index contributed by atoms with van der Waals surface area (Å²) < 4.78 is 0. The van der Waals surface area contributed by atoms with E-state index in [0.29, 0.717) is 0 Å². The predicted molar refractivity (Wildman–Crippen MR) is 246 cm³/mol. The normalized spacial score (nSPS) is 17.8. The summed E-state index contributed by atoms with van der Waals surface area (Å²) >= 11 is 0. The van der Waals surface area contributed by atoms with E-state index in [9.17, 15) is 0 Å². The topological polar surface area (TPSA) is 0 Å². The zero-order valence-corrected chi connectivity index (χ0v) is 30.8. The molecule has 0 amide bonds. The van der Waals surface area contributed by atoms with Crippen LogP contribution in [0.15, 0.2) is 140 Å². The van der Waals surface area contributed by atoms with Crippen molar-refractivity contribution in [2.24, 2.45) is 0 Å². The molecule has 0 spiro atoms. The van der Waals surface area contributed by atoms with Gasteiger partial charge in [0.15, 0.2) is 0 Å². The molecule has 0 saturated carbocycles. The summed E-state index contributed by atoms with van der Waals surface area (Å²) in [5.74, 6) is 0. The summed E-state index contributed by atoms with van der Waals surface area (Å²) in [6.45, 7) is 0. The van der Waals surface area contributed by atoms with Crippen LogP contribution in [0.5, 0.6) is 0 Å². The molecule has 0 radical (unpaired) electrons. The molecule has 0 N–H and O–H groups in total. The Bertz CT molecular complexity index is 4650. The molecule has 16 aromatic carbocycles. The highest BCUT2D eigenvalue weighted by molar-refractivity contribution is 6.66. The Balaban J connectivity index is 1.29. The molecular weight excluding hydrogens is 697 g/mol. The van der Waals surface area contributed by atoms with E-state index in [1.807, 2.05) is 0 Å². The maximum Gasteiger partial charge on any atom is 0.0487 e. The number of benzene rings is 11. The van der Waals surface area contributed by atoms with Gasteiger partial charge in [0.05, 0.1) is 0 Å². The van der Waals surface area contributed by atoms with Crippen molar-refractivity contribution in [2.75, 3.05) is 0 Å². The molecule has 0 aliphatic heterocycles. The molecule has 58 heavy (non-hydrogen) atoms. The van der Waals surface area contributed by atoms with Crippen LogP contribution in [0.1, 0.15) is 27.8 Å². The minimum absolute atomic E-state index is 0.454. The van der Waals surface area contributed by atoms with Gasteiger partial charge in [-0.1, -0.05) is 194 Å². The van der Waals surface area contributed by atoms with Gasteiger partial charge in [-0.15, -0.1) is 0 Å². The first kappa shape index (κ1) is 26.4. The van der Waals surface area contributed by atoms with Crippen LogP contribution in [0, 0.1) is 0 Å². The van der Waals surface area contributed by atoms with E-state index < -0.39 is 5.41 Å². The first-order valence-corrected chi connectivity index (χ1v) is 20.9. The third-order valence-electron chi connectivity index (χ3n) is 16.4. The van der Waals surface area contributed by atoms with Crippen molar-refractivity contribution in [2.45, 2.75) is 5.41 Å². The first-order chi connectivity index (χ1) is 28.9. The monoisotopic (exact) mass is 719 g/mol. The van der Waals surface area contributed by atoms with Gasteiger partial charge >= 0.3 is 0 Å². The largest absolute Gasteiger partial charge is 0.0937 e. The maximum atomic E-state index is 2.66. The summed E-state index contributed by atoms with van der Waals surface area (Å²) in [6, 6.07) is 51.9. The van der Waals surface area contributed by atoms with Gasteiger partial charge in [0.2, 0.25) is 0 Å². The highest BCUT2D eigenvalue weighted by atomic mass is 14.6. The van der Waals surface area contributed by atoms with E-state index in [-0.39, 0.29) is 0 Å². The number of fused-ring (bicyclic) bond motifs is 4. The van der Waals surface area contributed by atoms with E-state index in [0.717, 1.165) is 0 Å². The Labute approximate surface area is 328 Å². The molecule has 0 saturated heterocycles. The Hall–Kier alpha value is -7.41. The second-order valence-corrected chi connectivity index (χ2v) is 18.1. The first-order valence-electron chi connectivity index (χ1n) is 20.9. The lowest BCUT2D eigenvalue weighted by atomic mass is 9.59. The average molecular weight is 720 g/mol. The molecule has 0 bridgehead atoms. The van der Waals surface area contributed by atoms with E-state index >= 15 is 0 Å². The zero-order chi connectivity index (χ0) is 36.4. The van der Waals surface area contributed by atoms with Crippen LogP contribution in [-0.2, 0) is 5.41 Å². The molecule has 0 fully saturated rings. The molecule has 19 rings (SSSR count). The SMILES string of the molecule is C1=C(c2ccccc2)c2c3c4c5c6c7c8c(ccc9c%10ccc%11c%12ccc%13c%14cc(-c%15ccccc%15)c2[c-]4c%14c2c%13c%12c4c%11c%10c(c89)c6c4c52)=C1C73c1ccccc1. The van der Waals surface area contributed by atoms with Crippen LogP contribution >= 0.6 is 0 Å². The number of allylic oxidation sites excluding steroid dienone is 1. The van der Waals surface area contributed by atoms with Crippen LogP contribution in [-0.4, -0.2) is 0 Å². The molecule has 3 aliphatic carbocycles. The van der Waals surface area contributed by atoms with Gasteiger partial charge in [-0.2, -0.15) is 0 Å². The fourth-order valence-corrected chi connectivity index (χ4v) is 15.0. The Morgan fingerprint density at radius 2 is 0.879 bits per heavy atom. The summed E-state index contributed by atoms with van der Waals surface area (Å²) in [5, 5.41) is 37.2. The highest BCUT2D eigenvalue weighted by Gasteiger charge is 2.53. The number of hydrogen-bond acceptors (Lipinski definition) is 0. The van der Waals surface area contributed by atoms with Crippen molar-refractivity contribution in [3.8, 4) is 11.1 Å². The number of hydrogen-bond donors (Lipinski definition) is 0. The second-order valence-electron chi connectivity index (χ2n) is 18.1. The molecule has 0 aromatic heterocycles. The van der Waals surface area contributed by atoms with Crippen molar-refractivity contribution >= 4 is 140 Å². The van der Waals surface area contributed by atoms with Gasteiger partial charge in [0.25, 0.3) is 0 Å². The minimum Gasteiger partial charge on any atom is -0.0937 e. The summed E-state index contributed by atoms with van der Waals surface area (Å²) in [4.78, 5) is 0. The minimum atomic E-state index is -0.454. The lowest BCUT2D eigenvalue weighted by Gasteiger charge is -2.44. The van der Waals surface area contributed by atoms with Crippen LogP contribution in [0.4, 0.5) is 0 Å². The molecule has 3 aliphatic rings. The Morgan fingerprint density at radius 1 is 0.362 bits per heavy atom. The smallest absolute Gasteiger partial charge is 0.0487 e. The third kappa shape index (κ3) is 2.12. The average Bonchev–Trinajstić information content (AvgIpc) is 4.11. The van der Waals surface area contributed by atoms with Gasteiger partial charge in [-0.05, 0) is 130 Å². The van der Waals surface area contributed by atoms with Crippen LogP contribution in [0.3, 0.4) is 0 Å². The summed E-state index contributed by atoms with van der Waals surface area (Å²) in [7, 11) is 0. The standard InChI is InChI=1S/C58H23/c1-4-10-24(11-5-1)33-22-35-31-19-18-28-27-16-17-29-30-20-21-32-36-23-34(25-12-6-2-7-13-25)45-42(33)49-43(35)48-40(31)39(28)46-37(27)38(29)47-41(30)44(32)56-55-52(47)50(46)51(48)53(55)54(49)57(45)58(36,56)26-14-8-3-9-15-26/h1-23H/q-1. The van der Waals surface area contributed by atoms with E-state index in [1.54, 1.807) is 21.7 Å². The molecule has 1 unspecified atom stereocenters. The van der Waals surface area contributed by atoms with Crippen LogP contribution < -0.4 is 5.22 Å². The molecule has 0 heterocycles. The second kappa shape index (κ2) is 7.67. The highest BCUT2D eigenvalue weighted by Crippen LogP contribution is 2.72. The lowest BCUT2D eigenvalue weighted by Crippen LogP contribution is -2.33. The van der Waals surface area contributed by atoms with Gasteiger partial charge in [-0.3, -0.25) is 0 Å². The van der Waals surface area contributed by atoms with Crippen LogP contribution in [0.25, 0.3) is 152 Å². The quantitative estimate of drug-likeness (QED) is 0.126. The molecule has 0 nitrogen and oxygen atoms in total. The van der Waals surface area contributed by atoms with Crippen molar-refractivity contribution in [3.05, 3.63) is 173 Å². The van der Waals surface area contributed by atoms with E-state index in [4.69, 9.17) is 0 Å². The molecular formula is C58H23-. The molecule has 16 aromatic rings. The Kier molecular flexibility index (Phi) is 3.49. The van der Waals surface area contributed by atoms with E-state index in [2.05, 4.69) is 140 Å². The van der Waals surface area contributed by atoms with Gasteiger partial charge in [0.1, 0.15) is 0 Å². The van der Waals surface area contributed by atoms with Crippen molar-refractivity contribution in [3.63, 3.8) is 0 Å². The molecule has 1 atom stereocenters. The maximum absolute atomic E-state index is 2.66. The van der Waals surface area contributed by atoms with E-state index in [1.165, 1.54) is 163 Å². The zero-order valence-electron chi connectivity index (χ0n) is 30.8. The van der Waals surface area contributed by atoms with Crippen molar-refractivity contribution in [1.82, 2.24) is 0 Å². The van der Waals surface area contributed by atoms with Crippen molar-refractivity contribution < 1.29 is 0 Å². The van der Waals surface area contributed by atoms with Crippen molar-refractivity contribution in [1.29, 1.82) is 0 Å². The lowest BCUT2D eigenvalue weighted by molar-refractivity contribution is 0.832. The van der Waals surface area contributed by atoms with Gasteiger partial charge in [0, 0.05) is 5.41 Å². The fraction of sp³-hybridized carbons (Fsp3) is 0.0172. The summed E-state index contributed by atoms with van der Waals surface area (Å²) in [6.07, 6.45) is 2.66. The number of rotatable bonds is 3. The van der Waals surface area contributed by atoms with Gasteiger partial charge < -0.3 is 0 Å². The Morgan fingerprint density at radius 3 is 1.57 bits per heavy atom. The molecule has 256 valence electrons. The molecule has 0 heteroatoms. The summed E-state index contributed by atoms with van der Waals surface area (Å²) in [5.41, 5.74) is 12.2. The van der Waals surface area contributed by atoms with Crippen LogP contribution in [0.2, 0.25) is 0 Å². The fourth-order valence-electron chi connectivity index (χ4n) is 15.0.